The van der Waals surface area contributed by atoms with E-state index in [0.29, 0.717) is 43.4 Å². The van der Waals surface area contributed by atoms with E-state index < -0.39 is 0 Å². The Labute approximate surface area is 165 Å². The Hall–Kier alpha value is -1.79. The largest absolute Gasteiger partial charge is 0.495 e. The zero-order chi connectivity index (χ0) is 19.6. The third kappa shape index (κ3) is 4.06. The van der Waals surface area contributed by atoms with E-state index in [1.165, 1.54) is 0 Å². The summed E-state index contributed by atoms with van der Waals surface area (Å²) in [6.45, 7) is 4.28. The molecule has 2 saturated heterocycles. The van der Waals surface area contributed by atoms with Gasteiger partial charge in [0.2, 0.25) is 11.8 Å². The van der Waals surface area contributed by atoms with Crippen LogP contribution in [0.15, 0.2) is 18.2 Å². The second-order valence-electron chi connectivity index (χ2n) is 7.67. The number of halogens is 1. The minimum Gasteiger partial charge on any atom is -0.495 e. The average molecular weight is 395 g/mol. The maximum Gasteiger partial charge on any atom is 0.226 e. The first-order valence-corrected chi connectivity index (χ1v) is 9.73. The fourth-order valence-corrected chi connectivity index (χ4v) is 4.68. The van der Waals surface area contributed by atoms with Crippen LogP contribution in [0.25, 0.3) is 0 Å². The molecule has 1 unspecified atom stereocenters. The number of carbonyl (C=O) groups excluding carboxylic acids is 2. The molecule has 0 aromatic heterocycles. The van der Waals surface area contributed by atoms with Crippen molar-refractivity contribution in [3.8, 4) is 5.75 Å². The third-order valence-electron chi connectivity index (χ3n) is 6.16. The van der Waals surface area contributed by atoms with E-state index in [9.17, 15) is 14.7 Å². The lowest BCUT2D eigenvalue weighted by molar-refractivity contribution is -0.134. The van der Waals surface area contributed by atoms with E-state index in [-0.39, 0.29) is 29.8 Å². The summed E-state index contributed by atoms with van der Waals surface area (Å²) < 4.78 is 5.15. The fourth-order valence-electron chi connectivity index (χ4n) is 4.40. The molecule has 2 heterocycles. The molecule has 3 rings (SSSR count). The van der Waals surface area contributed by atoms with Crippen LogP contribution < -0.4 is 4.74 Å². The molecule has 2 fully saturated rings. The number of aliphatic hydroxyl groups excluding tert-OH is 1. The Morgan fingerprint density at radius 2 is 2.00 bits per heavy atom. The summed E-state index contributed by atoms with van der Waals surface area (Å²) in [7, 11) is 1.56. The van der Waals surface area contributed by atoms with Crippen LogP contribution in [-0.2, 0) is 16.0 Å². The number of ether oxygens (including phenoxy) is 1. The van der Waals surface area contributed by atoms with E-state index in [0.717, 1.165) is 18.4 Å². The Bertz CT molecular complexity index is 716. The molecule has 1 aromatic carbocycles. The first-order valence-electron chi connectivity index (χ1n) is 9.35. The van der Waals surface area contributed by atoms with Gasteiger partial charge in [0.05, 0.1) is 18.6 Å². The van der Waals surface area contributed by atoms with Crippen LogP contribution in [0.5, 0.6) is 5.75 Å². The number of aliphatic hydroxyl groups is 1. The number of likely N-dealkylation sites (tertiary alicyclic amines) is 2. The molecule has 1 N–H and O–H groups in total. The molecule has 1 spiro atoms. The van der Waals surface area contributed by atoms with Crippen molar-refractivity contribution in [1.82, 2.24) is 9.80 Å². The first-order chi connectivity index (χ1) is 12.9. The van der Waals surface area contributed by atoms with Gasteiger partial charge in [0.25, 0.3) is 0 Å². The van der Waals surface area contributed by atoms with E-state index in [1.807, 2.05) is 15.9 Å². The van der Waals surface area contributed by atoms with Crippen molar-refractivity contribution >= 4 is 23.4 Å². The van der Waals surface area contributed by atoms with Gasteiger partial charge in [0.1, 0.15) is 5.75 Å². The maximum atomic E-state index is 12.7. The van der Waals surface area contributed by atoms with Crippen LogP contribution in [0.1, 0.15) is 25.3 Å². The number of hydrogen-bond acceptors (Lipinski definition) is 4. The van der Waals surface area contributed by atoms with Gasteiger partial charge in [-0.3, -0.25) is 9.59 Å². The van der Waals surface area contributed by atoms with Gasteiger partial charge in [0.15, 0.2) is 0 Å². The highest BCUT2D eigenvalue weighted by molar-refractivity contribution is 6.32. The van der Waals surface area contributed by atoms with Crippen molar-refractivity contribution in [2.24, 2.45) is 11.3 Å². The van der Waals surface area contributed by atoms with Crippen molar-refractivity contribution in [2.75, 3.05) is 39.9 Å². The van der Waals surface area contributed by atoms with Gasteiger partial charge in [-0.2, -0.15) is 0 Å². The average Bonchev–Trinajstić information content (AvgIpc) is 3.01. The van der Waals surface area contributed by atoms with Crippen molar-refractivity contribution < 1.29 is 19.4 Å². The highest BCUT2D eigenvalue weighted by atomic mass is 35.5. The highest BCUT2D eigenvalue weighted by Gasteiger charge is 2.48. The lowest BCUT2D eigenvalue weighted by atomic mass is 9.71. The number of benzene rings is 1. The summed E-state index contributed by atoms with van der Waals surface area (Å²) >= 11 is 6.15. The molecule has 0 bridgehead atoms. The van der Waals surface area contributed by atoms with Crippen molar-refractivity contribution in [1.29, 1.82) is 0 Å². The first kappa shape index (κ1) is 20.0. The Morgan fingerprint density at radius 3 is 2.56 bits per heavy atom. The maximum absolute atomic E-state index is 12.7. The predicted octanol–water partition coefficient (Wildman–Crippen LogP) is 1.97. The Balaban J connectivity index is 1.61. The second-order valence-corrected chi connectivity index (χ2v) is 8.08. The number of hydrogen-bond donors (Lipinski definition) is 1. The standard InChI is InChI=1S/C20H27ClN2O4/c1-14(25)23-11-16(12-24)20(13-23)5-7-22(8-6-20)19(26)10-15-3-4-18(27-2)17(21)9-15/h3-4,9,16,24H,5-8,10-13H2,1-2H3. The molecule has 2 amide bonds. The summed E-state index contributed by atoms with van der Waals surface area (Å²) in [6, 6.07) is 5.40. The number of amides is 2. The van der Waals surface area contributed by atoms with Crippen LogP contribution in [0.4, 0.5) is 0 Å². The molecular weight excluding hydrogens is 368 g/mol. The monoisotopic (exact) mass is 394 g/mol. The van der Waals surface area contributed by atoms with Crippen LogP contribution in [0.2, 0.25) is 5.02 Å². The molecule has 148 valence electrons. The normalized spacial score (nSPS) is 21.6. The number of nitrogens with zero attached hydrogens (tertiary/aromatic N) is 2. The summed E-state index contributed by atoms with van der Waals surface area (Å²) in [4.78, 5) is 28.2. The zero-order valence-corrected chi connectivity index (χ0v) is 16.7. The molecule has 0 radical (unpaired) electrons. The Morgan fingerprint density at radius 1 is 1.30 bits per heavy atom. The lowest BCUT2D eigenvalue weighted by Gasteiger charge is -2.42. The summed E-state index contributed by atoms with van der Waals surface area (Å²) in [5.74, 6) is 0.825. The van der Waals surface area contributed by atoms with Crippen molar-refractivity contribution in [3.05, 3.63) is 28.8 Å². The molecular formula is C20H27ClN2O4. The Kier molecular flexibility index (Phi) is 5.96. The van der Waals surface area contributed by atoms with Gasteiger partial charge in [-0.15, -0.1) is 0 Å². The molecule has 0 saturated carbocycles. The number of methoxy groups -OCH3 is 1. The quantitative estimate of drug-likeness (QED) is 0.847. The molecule has 2 aliphatic heterocycles. The minimum absolute atomic E-state index is 0.0558. The predicted molar refractivity (Wildman–Crippen MR) is 103 cm³/mol. The SMILES string of the molecule is COc1ccc(CC(=O)N2CCC3(CC2)CN(C(C)=O)CC3CO)cc1Cl. The summed E-state index contributed by atoms with van der Waals surface area (Å²) in [5, 5.41) is 10.3. The minimum atomic E-state index is -0.0688. The smallest absolute Gasteiger partial charge is 0.226 e. The van der Waals surface area contributed by atoms with E-state index in [1.54, 1.807) is 26.2 Å². The van der Waals surface area contributed by atoms with E-state index in [4.69, 9.17) is 16.3 Å². The van der Waals surface area contributed by atoms with Crippen molar-refractivity contribution in [2.45, 2.75) is 26.2 Å². The second kappa shape index (κ2) is 8.07. The van der Waals surface area contributed by atoms with Crippen LogP contribution in [-0.4, -0.2) is 66.6 Å². The van der Waals surface area contributed by atoms with Crippen molar-refractivity contribution in [3.63, 3.8) is 0 Å². The van der Waals surface area contributed by atoms with E-state index in [2.05, 4.69) is 0 Å². The highest BCUT2D eigenvalue weighted by Crippen LogP contribution is 2.44. The van der Waals surface area contributed by atoms with Gasteiger partial charge < -0.3 is 19.6 Å². The molecule has 2 aliphatic rings. The van der Waals surface area contributed by atoms with Gasteiger partial charge in [0, 0.05) is 45.6 Å². The number of carbonyl (C=O) groups is 2. The van der Waals surface area contributed by atoms with Gasteiger partial charge in [-0.05, 0) is 36.0 Å². The van der Waals surface area contributed by atoms with Gasteiger partial charge in [-0.25, -0.2) is 0 Å². The van der Waals surface area contributed by atoms with Gasteiger partial charge in [-0.1, -0.05) is 17.7 Å². The molecule has 1 aromatic rings. The summed E-state index contributed by atoms with van der Waals surface area (Å²) in [6.07, 6.45) is 1.94. The fraction of sp³-hybridized carbons (Fsp3) is 0.600. The van der Waals surface area contributed by atoms with E-state index >= 15 is 0 Å². The van der Waals surface area contributed by atoms with Crippen LogP contribution >= 0.6 is 11.6 Å². The summed E-state index contributed by atoms with van der Waals surface area (Å²) in [5.41, 5.74) is 0.795. The molecule has 0 aliphatic carbocycles. The number of piperidine rings is 1. The molecule has 7 heteroatoms. The van der Waals surface area contributed by atoms with Gasteiger partial charge >= 0.3 is 0 Å². The topological polar surface area (TPSA) is 70.1 Å². The van der Waals surface area contributed by atoms with Crippen LogP contribution in [0.3, 0.4) is 0 Å². The molecule has 27 heavy (non-hydrogen) atoms. The van der Waals surface area contributed by atoms with Crippen LogP contribution in [0, 0.1) is 11.3 Å². The zero-order valence-electron chi connectivity index (χ0n) is 15.9. The third-order valence-corrected chi connectivity index (χ3v) is 6.46. The lowest BCUT2D eigenvalue weighted by Crippen LogP contribution is -2.47. The number of rotatable bonds is 4. The molecule has 1 atom stereocenters. The molecule has 6 nitrogen and oxygen atoms in total.